The first-order valence-corrected chi connectivity index (χ1v) is 10.0. The molecule has 3 aromatic rings. The zero-order chi connectivity index (χ0) is 18.3. The molecule has 1 fully saturated rings. The Morgan fingerprint density at radius 2 is 1.63 bits per heavy atom. The average molecular weight is 361 g/mol. The lowest BCUT2D eigenvalue weighted by atomic mass is 10.0. The molecule has 1 unspecified atom stereocenters. The van der Waals surface area contributed by atoms with Crippen molar-refractivity contribution in [1.82, 2.24) is 15.0 Å². The second-order valence-electron chi connectivity index (χ2n) is 7.36. The van der Waals surface area contributed by atoms with Crippen molar-refractivity contribution in [2.75, 3.05) is 6.54 Å². The summed E-state index contributed by atoms with van der Waals surface area (Å²) < 4.78 is 5.67. The topological polar surface area (TPSA) is 42.2 Å². The minimum Gasteiger partial charge on any atom is -0.338 e. The normalized spacial score (nSPS) is 17.9. The molecule has 4 rings (SSSR count). The maximum absolute atomic E-state index is 5.67. The molecule has 27 heavy (non-hydrogen) atoms. The Hall–Kier alpha value is -2.46. The van der Waals surface area contributed by atoms with Crippen LogP contribution in [0.2, 0.25) is 0 Å². The van der Waals surface area contributed by atoms with Crippen LogP contribution in [-0.4, -0.2) is 21.6 Å². The summed E-state index contributed by atoms with van der Waals surface area (Å²) in [5.74, 6) is 1.63. The molecular weight excluding hydrogens is 334 g/mol. The molecule has 0 bridgehead atoms. The summed E-state index contributed by atoms with van der Waals surface area (Å²) in [7, 11) is 0. The highest BCUT2D eigenvalue weighted by Crippen LogP contribution is 2.31. The molecule has 1 aliphatic rings. The molecule has 2 heterocycles. The van der Waals surface area contributed by atoms with Gasteiger partial charge >= 0.3 is 0 Å². The van der Waals surface area contributed by atoms with E-state index in [4.69, 9.17) is 9.51 Å². The van der Waals surface area contributed by atoms with Gasteiger partial charge in [-0.25, -0.2) is 0 Å². The lowest BCUT2D eigenvalue weighted by Crippen LogP contribution is -2.33. The van der Waals surface area contributed by atoms with Crippen LogP contribution in [-0.2, 0) is 19.4 Å². The van der Waals surface area contributed by atoms with E-state index in [-0.39, 0.29) is 6.04 Å². The fraction of sp³-hybridized carbons (Fsp3) is 0.391. The van der Waals surface area contributed by atoms with Crippen LogP contribution < -0.4 is 0 Å². The molecule has 0 N–H and O–H groups in total. The first-order valence-electron chi connectivity index (χ1n) is 10.0. The molecule has 4 nitrogen and oxygen atoms in total. The summed E-state index contributed by atoms with van der Waals surface area (Å²) in [6.07, 6.45) is 6.51. The van der Waals surface area contributed by atoms with Crippen molar-refractivity contribution in [2.24, 2.45) is 0 Å². The average Bonchev–Trinajstić information content (AvgIpc) is 3.19. The standard InChI is InChI=1S/C23H27N3O/c1-3-10-19(11-4-1)14-9-16-22-24-23(27-25-22)21-15-7-8-17-26(21)18-20-12-5-2-6-13-20/h1-6,10-13,21H,7-9,14-18H2. The monoisotopic (exact) mass is 361 g/mol. The number of likely N-dealkylation sites (tertiary alicyclic amines) is 1. The van der Waals surface area contributed by atoms with Gasteiger partial charge in [0.15, 0.2) is 5.82 Å². The summed E-state index contributed by atoms with van der Waals surface area (Å²) in [5.41, 5.74) is 2.70. The van der Waals surface area contributed by atoms with Crippen molar-refractivity contribution in [3.63, 3.8) is 0 Å². The smallest absolute Gasteiger partial charge is 0.244 e. The second-order valence-corrected chi connectivity index (χ2v) is 7.36. The Bertz CT molecular complexity index is 816. The van der Waals surface area contributed by atoms with Gasteiger partial charge in [0.05, 0.1) is 6.04 Å². The number of hydrogen-bond acceptors (Lipinski definition) is 4. The van der Waals surface area contributed by atoms with Crippen LogP contribution in [0.25, 0.3) is 0 Å². The van der Waals surface area contributed by atoms with E-state index in [9.17, 15) is 0 Å². The molecule has 2 aromatic carbocycles. The highest BCUT2D eigenvalue weighted by atomic mass is 16.5. The highest BCUT2D eigenvalue weighted by molar-refractivity contribution is 5.16. The summed E-state index contributed by atoms with van der Waals surface area (Å²) in [4.78, 5) is 7.22. The fourth-order valence-corrected chi connectivity index (χ4v) is 3.88. The molecule has 140 valence electrons. The van der Waals surface area contributed by atoms with Gasteiger partial charge in [-0.2, -0.15) is 4.98 Å². The van der Waals surface area contributed by atoms with Crippen molar-refractivity contribution in [2.45, 2.75) is 51.1 Å². The van der Waals surface area contributed by atoms with Crippen LogP contribution in [0, 0.1) is 0 Å². The summed E-state index contributed by atoms with van der Waals surface area (Å²) in [5, 5.41) is 4.25. The molecule has 0 radical (unpaired) electrons. The molecular formula is C23H27N3O. The van der Waals surface area contributed by atoms with Gasteiger partial charge in [-0.1, -0.05) is 72.2 Å². The van der Waals surface area contributed by atoms with Crippen molar-refractivity contribution >= 4 is 0 Å². The van der Waals surface area contributed by atoms with Gasteiger partial charge in [-0.15, -0.1) is 0 Å². The van der Waals surface area contributed by atoms with Crippen LogP contribution in [0.15, 0.2) is 65.2 Å². The van der Waals surface area contributed by atoms with Crippen molar-refractivity contribution in [3.8, 4) is 0 Å². The second kappa shape index (κ2) is 8.96. The quantitative estimate of drug-likeness (QED) is 0.596. The van der Waals surface area contributed by atoms with E-state index in [2.05, 4.69) is 70.7 Å². The lowest BCUT2D eigenvalue weighted by Gasteiger charge is -2.33. The van der Waals surface area contributed by atoms with Crippen LogP contribution in [0.4, 0.5) is 0 Å². The number of nitrogens with zero attached hydrogens (tertiary/aromatic N) is 3. The minimum atomic E-state index is 0.245. The van der Waals surface area contributed by atoms with Crippen LogP contribution in [0.3, 0.4) is 0 Å². The van der Waals surface area contributed by atoms with Crippen molar-refractivity contribution in [3.05, 3.63) is 83.5 Å². The number of benzene rings is 2. The van der Waals surface area contributed by atoms with E-state index in [1.165, 1.54) is 24.0 Å². The number of hydrogen-bond donors (Lipinski definition) is 0. The molecule has 0 amide bonds. The van der Waals surface area contributed by atoms with E-state index in [1.807, 2.05) is 0 Å². The first kappa shape index (κ1) is 17.9. The Labute approximate surface area is 161 Å². The highest BCUT2D eigenvalue weighted by Gasteiger charge is 2.28. The van der Waals surface area contributed by atoms with Crippen LogP contribution in [0.5, 0.6) is 0 Å². The largest absolute Gasteiger partial charge is 0.338 e. The van der Waals surface area contributed by atoms with Gasteiger partial charge in [-0.3, -0.25) is 4.90 Å². The van der Waals surface area contributed by atoms with Crippen molar-refractivity contribution < 1.29 is 4.52 Å². The summed E-state index contributed by atoms with van der Waals surface area (Å²) in [6.45, 7) is 2.03. The SMILES string of the molecule is c1ccc(CCCc2noc(C3CCCCN3Cc3ccccc3)n2)cc1. The number of rotatable bonds is 7. The summed E-state index contributed by atoms with van der Waals surface area (Å²) >= 11 is 0. The molecule has 1 atom stereocenters. The molecule has 0 aliphatic carbocycles. The Balaban J connectivity index is 1.37. The van der Waals surface area contributed by atoms with Gasteiger partial charge in [0.1, 0.15) is 0 Å². The van der Waals surface area contributed by atoms with E-state index in [0.717, 1.165) is 50.5 Å². The van der Waals surface area contributed by atoms with Crippen LogP contribution >= 0.6 is 0 Å². The number of piperidine rings is 1. The van der Waals surface area contributed by atoms with E-state index >= 15 is 0 Å². The maximum Gasteiger partial charge on any atom is 0.244 e. The van der Waals surface area contributed by atoms with E-state index in [0.29, 0.717) is 0 Å². The Morgan fingerprint density at radius 1 is 0.889 bits per heavy atom. The predicted molar refractivity (Wildman–Crippen MR) is 106 cm³/mol. The molecule has 0 saturated carbocycles. The zero-order valence-electron chi connectivity index (χ0n) is 15.8. The number of aromatic nitrogens is 2. The van der Waals surface area contributed by atoms with Crippen molar-refractivity contribution in [1.29, 1.82) is 0 Å². The van der Waals surface area contributed by atoms with E-state index < -0.39 is 0 Å². The number of aryl methyl sites for hydroxylation is 2. The Morgan fingerprint density at radius 3 is 2.41 bits per heavy atom. The third-order valence-electron chi connectivity index (χ3n) is 5.32. The lowest BCUT2D eigenvalue weighted by molar-refractivity contribution is 0.111. The van der Waals surface area contributed by atoms with Gasteiger partial charge in [0.2, 0.25) is 5.89 Å². The third kappa shape index (κ3) is 4.83. The van der Waals surface area contributed by atoms with E-state index in [1.54, 1.807) is 0 Å². The fourth-order valence-electron chi connectivity index (χ4n) is 3.88. The van der Waals surface area contributed by atoms with Crippen LogP contribution in [0.1, 0.15) is 54.6 Å². The summed E-state index contributed by atoms with van der Waals surface area (Å²) in [6, 6.07) is 21.5. The molecule has 0 spiro atoms. The third-order valence-corrected chi connectivity index (χ3v) is 5.32. The predicted octanol–water partition coefficient (Wildman–Crippen LogP) is 4.97. The maximum atomic E-state index is 5.67. The minimum absolute atomic E-state index is 0.245. The van der Waals surface area contributed by atoms with Gasteiger partial charge in [-0.05, 0) is 43.4 Å². The van der Waals surface area contributed by atoms with Gasteiger partial charge < -0.3 is 4.52 Å². The molecule has 1 saturated heterocycles. The Kier molecular flexibility index (Phi) is 5.95. The molecule has 1 aliphatic heterocycles. The first-order chi connectivity index (χ1) is 13.4. The van der Waals surface area contributed by atoms with Gasteiger partial charge in [0.25, 0.3) is 0 Å². The molecule has 1 aromatic heterocycles. The van der Waals surface area contributed by atoms with Gasteiger partial charge in [0, 0.05) is 13.0 Å². The zero-order valence-corrected chi connectivity index (χ0v) is 15.8. The molecule has 4 heteroatoms.